The van der Waals surface area contributed by atoms with Crippen LogP contribution < -0.4 is 4.74 Å². The van der Waals surface area contributed by atoms with E-state index in [-0.39, 0.29) is 0 Å². The average Bonchev–Trinajstić information content (AvgIpc) is 2.06. The van der Waals surface area contributed by atoms with Crippen LogP contribution in [0.15, 0.2) is 18.2 Å². The van der Waals surface area contributed by atoms with Gasteiger partial charge in [-0.1, -0.05) is 11.6 Å². The Morgan fingerprint density at radius 1 is 1.38 bits per heavy atom. The van der Waals surface area contributed by atoms with E-state index in [4.69, 9.17) is 21.1 Å². The Kier molecular flexibility index (Phi) is 1.88. The highest BCUT2D eigenvalue weighted by molar-refractivity contribution is 6.31. The van der Waals surface area contributed by atoms with Gasteiger partial charge in [0.1, 0.15) is 11.3 Å². The van der Waals surface area contributed by atoms with Gasteiger partial charge >= 0.3 is 5.97 Å². The van der Waals surface area contributed by atoms with Crippen LogP contribution in [0.25, 0.3) is 0 Å². The van der Waals surface area contributed by atoms with Crippen molar-refractivity contribution in [3.8, 4) is 5.75 Å². The van der Waals surface area contributed by atoms with Gasteiger partial charge in [-0.05, 0) is 18.2 Å². The molecule has 4 heteroatoms. The summed E-state index contributed by atoms with van der Waals surface area (Å²) in [7, 11) is 0. The van der Waals surface area contributed by atoms with Crippen LogP contribution in [0.3, 0.4) is 0 Å². The number of carbonyl (C=O) groups is 1. The van der Waals surface area contributed by atoms with E-state index in [0.29, 0.717) is 16.3 Å². The number of hydrogen-bond acceptors (Lipinski definition) is 3. The van der Waals surface area contributed by atoms with Crippen molar-refractivity contribution >= 4 is 17.6 Å². The number of carbonyl (C=O) groups excluding carboxylic acids is 1. The molecule has 1 aromatic carbocycles. The molecule has 13 heavy (non-hydrogen) atoms. The van der Waals surface area contributed by atoms with Crippen molar-refractivity contribution in [1.29, 1.82) is 0 Å². The fraction of sp³-hybridized carbons (Fsp3) is 0.222. The predicted octanol–water partition coefficient (Wildman–Crippen LogP) is 2.24. The summed E-state index contributed by atoms with van der Waals surface area (Å²) in [5, 5.41) is 0.494. The Morgan fingerprint density at radius 3 is 2.92 bits per heavy atom. The number of ether oxygens (including phenoxy) is 2. The van der Waals surface area contributed by atoms with Crippen molar-refractivity contribution in [1.82, 2.24) is 0 Å². The van der Waals surface area contributed by atoms with E-state index in [9.17, 15) is 4.79 Å². The summed E-state index contributed by atoms with van der Waals surface area (Å²) in [5.41, 5.74) is 0.380. The third kappa shape index (κ3) is 1.47. The van der Waals surface area contributed by atoms with E-state index in [1.807, 2.05) is 0 Å². The summed E-state index contributed by atoms with van der Waals surface area (Å²) < 4.78 is 10.1. The van der Waals surface area contributed by atoms with Gasteiger partial charge in [0.05, 0.1) is 0 Å². The number of benzene rings is 1. The van der Waals surface area contributed by atoms with Gasteiger partial charge in [-0.15, -0.1) is 0 Å². The van der Waals surface area contributed by atoms with Crippen LogP contribution in [-0.2, 0) is 4.74 Å². The minimum absolute atomic E-state index is 0.380. The molecule has 0 spiro atoms. The fourth-order valence-electron chi connectivity index (χ4n) is 1.18. The van der Waals surface area contributed by atoms with Gasteiger partial charge in [-0.25, -0.2) is 4.79 Å². The summed E-state index contributed by atoms with van der Waals surface area (Å²) in [6, 6.07) is 4.87. The predicted molar refractivity (Wildman–Crippen MR) is 47.0 cm³/mol. The van der Waals surface area contributed by atoms with Crippen LogP contribution >= 0.6 is 11.6 Å². The van der Waals surface area contributed by atoms with Crippen LogP contribution in [-0.4, -0.2) is 12.3 Å². The first-order valence-electron chi connectivity index (χ1n) is 3.84. The summed E-state index contributed by atoms with van der Waals surface area (Å²) in [6.07, 6.45) is -0.527. The quantitative estimate of drug-likeness (QED) is 0.600. The van der Waals surface area contributed by atoms with E-state index in [1.165, 1.54) is 6.07 Å². The molecule has 1 heterocycles. The number of hydrogen-bond donors (Lipinski definition) is 0. The topological polar surface area (TPSA) is 35.5 Å². The standard InChI is InChI=1S/C9H7ClO3/c1-5-12-8-3-2-6(10)4-7(8)9(11)13-5/h2-5H,1H3. The third-order valence-electron chi connectivity index (χ3n) is 1.73. The highest BCUT2D eigenvalue weighted by Crippen LogP contribution is 2.28. The molecule has 0 fully saturated rings. The second kappa shape index (κ2) is 2.92. The van der Waals surface area contributed by atoms with Crippen molar-refractivity contribution in [2.75, 3.05) is 0 Å². The number of cyclic esters (lactones) is 1. The van der Waals surface area contributed by atoms with Crippen molar-refractivity contribution in [3.05, 3.63) is 28.8 Å². The summed E-state index contributed by atoms with van der Waals surface area (Å²) in [4.78, 5) is 11.3. The SMILES string of the molecule is CC1OC(=O)c2cc(Cl)ccc2O1. The minimum Gasteiger partial charge on any atom is -0.454 e. The van der Waals surface area contributed by atoms with E-state index in [1.54, 1.807) is 19.1 Å². The second-order valence-electron chi connectivity index (χ2n) is 2.73. The largest absolute Gasteiger partial charge is 0.454 e. The van der Waals surface area contributed by atoms with Gasteiger partial charge in [-0.2, -0.15) is 0 Å². The molecule has 0 aromatic heterocycles. The normalized spacial score (nSPS) is 20.2. The fourth-order valence-corrected chi connectivity index (χ4v) is 1.35. The lowest BCUT2D eigenvalue weighted by atomic mass is 10.2. The maximum Gasteiger partial charge on any atom is 0.345 e. The molecule has 0 bridgehead atoms. The lowest BCUT2D eigenvalue weighted by molar-refractivity contribution is -0.0488. The van der Waals surface area contributed by atoms with Crippen molar-refractivity contribution < 1.29 is 14.3 Å². The first-order valence-corrected chi connectivity index (χ1v) is 4.22. The Hall–Kier alpha value is -1.22. The minimum atomic E-state index is -0.527. The van der Waals surface area contributed by atoms with Crippen molar-refractivity contribution in [3.63, 3.8) is 0 Å². The molecule has 2 rings (SSSR count). The van der Waals surface area contributed by atoms with Crippen LogP contribution in [0.1, 0.15) is 17.3 Å². The molecule has 0 saturated carbocycles. The van der Waals surface area contributed by atoms with Gasteiger partial charge < -0.3 is 9.47 Å². The lowest BCUT2D eigenvalue weighted by Crippen LogP contribution is -2.26. The molecule has 68 valence electrons. The molecule has 1 aliphatic heterocycles. The van der Waals surface area contributed by atoms with Gasteiger partial charge in [0.15, 0.2) is 0 Å². The summed E-state index contributed by atoms with van der Waals surface area (Å²) in [6.45, 7) is 1.66. The molecule has 1 unspecified atom stereocenters. The summed E-state index contributed by atoms with van der Waals surface area (Å²) in [5.74, 6) is 0.129. The Bertz CT molecular complexity index is 362. The van der Waals surface area contributed by atoms with Crippen LogP contribution in [0, 0.1) is 0 Å². The van der Waals surface area contributed by atoms with E-state index >= 15 is 0 Å². The first-order chi connectivity index (χ1) is 6.16. The molecule has 0 N–H and O–H groups in total. The molecule has 3 nitrogen and oxygen atoms in total. The first kappa shape index (κ1) is 8.38. The molecule has 0 radical (unpaired) electrons. The monoisotopic (exact) mass is 198 g/mol. The van der Waals surface area contributed by atoms with E-state index in [0.717, 1.165) is 0 Å². The van der Waals surface area contributed by atoms with E-state index < -0.39 is 12.3 Å². The smallest absolute Gasteiger partial charge is 0.345 e. The Morgan fingerprint density at radius 2 is 2.15 bits per heavy atom. The number of rotatable bonds is 0. The van der Waals surface area contributed by atoms with Crippen LogP contribution in [0.2, 0.25) is 5.02 Å². The van der Waals surface area contributed by atoms with Gasteiger partial charge in [-0.3, -0.25) is 0 Å². The van der Waals surface area contributed by atoms with Gasteiger partial charge in [0, 0.05) is 11.9 Å². The lowest BCUT2D eigenvalue weighted by Gasteiger charge is -2.22. The highest BCUT2D eigenvalue weighted by atomic mass is 35.5. The molecule has 0 aliphatic carbocycles. The molecule has 1 aromatic rings. The zero-order valence-corrected chi connectivity index (χ0v) is 7.67. The number of esters is 1. The van der Waals surface area contributed by atoms with Crippen LogP contribution in [0.4, 0.5) is 0 Å². The Balaban J connectivity index is 2.49. The molecule has 0 saturated heterocycles. The average molecular weight is 199 g/mol. The zero-order valence-electron chi connectivity index (χ0n) is 6.91. The molecular formula is C9H7ClO3. The maximum atomic E-state index is 11.3. The van der Waals surface area contributed by atoms with E-state index in [2.05, 4.69) is 0 Å². The third-order valence-corrected chi connectivity index (χ3v) is 1.96. The Labute approximate surface area is 80.2 Å². The second-order valence-corrected chi connectivity index (χ2v) is 3.17. The van der Waals surface area contributed by atoms with Crippen molar-refractivity contribution in [2.24, 2.45) is 0 Å². The molecule has 1 aliphatic rings. The van der Waals surface area contributed by atoms with Crippen LogP contribution in [0.5, 0.6) is 5.75 Å². The molecule has 1 atom stereocenters. The maximum absolute atomic E-state index is 11.3. The highest BCUT2D eigenvalue weighted by Gasteiger charge is 2.24. The molecule has 0 amide bonds. The van der Waals surface area contributed by atoms with Crippen molar-refractivity contribution in [2.45, 2.75) is 13.2 Å². The number of fused-ring (bicyclic) bond motifs is 1. The summed E-state index contributed by atoms with van der Waals surface area (Å²) >= 11 is 5.72. The zero-order chi connectivity index (χ0) is 9.42. The van der Waals surface area contributed by atoms with Gasteiger partial charge in [0.2, 0.25) is 6.29 Å². The van der Waals surface area contributed by atoms with Gasteiger partial charge in [0.25, 0.3) is 0 Å². The molecular weight excluding hydrogens is 192 g/mol. The number of halogens is 1.